The number of aliphatic hydroxyl groups excluding tert-OH is 1. The molecule has 0 unspecified atom stereocenters. The van der Waals surface area contributed by atoms with Gasteiger partial charge >= 0.3 is 0 Å². The van der Waals surface area contributed by atoms with E-state index in [1.54, 1.807) is 30.6 Å². The standard InChI is InChI=1S/C16H15F2N3O2/c17-13-4-11(7-19)16(6-14(13)18)23-15(5-12(20)9-22)10-2-1-3-21-8-10/h1-4,6,8,12,15,22H,5,9,20H2/t12-,15+/m0/s1. The summed E-state index contributed by atoms with van der Waals surface area (Å²) in [6.45, 7) is -0.261. The average Bonchev–Trinajstić information content (AvgIpc) is 2.57. The highest BCUT2D eigenvalue weighted by atomic mass is 19.2. The van der Waals surface area contributed by atoms with Crippen molar-refractivity contribution in [1.82, 2.24) is 4.98 Å². The second-order valence-electron chi connectivity index (χ2n) is 4.95. The third kappa shape index (κ3) is 4.22. The SMILES string of the molecule is N#Cc1cc(F)c(F)cc1O[C@H](C[C@H](N)CO)c1cccnc1. The lowest BCUT2D eigenvalue weighted by Gasteiger charge is -2.22. The highest BCUT2D eigenvalue weighted by Crippen LogP contribution is 2.29. The van der Waals surface area contributed by atoms with Gasteiger partial charge in [-0.2, -0.15) is 5.26 Å². The molecular formula is C16H15F2N3O2. The first-order chi connectivity index (χ1) is 11.0. The molecule has 3 N–H and O–H groups in total. The smallest absolute Gasteiger partial charge is 0.162 e. The second kappa shape index (κ2) is 7.63. The van der Waals surface area contributed by atoms with Gasteiger partial charge in [-0.25, -0.2) is 8.78 Å². The quantitative estimate of drug-likeness (QED) is 0.850. The van der Waals surface area contributed by atoms with Crippen molar-refractivity contribution < 1.29 is 18.6 Å². The molecule has 0 radical (unpaired) electrons. The Labute approximate surface area is 132 Å². The predicted octanol–water partition coefficient (Wildman–Crippen LogP) is 2.06. The van der Waals surface area contributed by atoms with Crippen molar-refractivity contribution in [3.05, 3.63) is 59.4 Å². The number of nitrogens with two attached hydrogens (primary N) is 1. The molecule has 0 fully saturated rings. The minimum atomic E-state index is -1.13. The fourth-order valence-electron chi connectivity index (χ4n) is 2.03. The molecule has 2 rings (SSSR count). The molecular weight excluding hydrogens is 304 g/mol. The van der Waals surface area contributed by atoms with Gasteiger partial charge in [0.05, 0.1) is 12.2 Å². The largest absolute Gasteiger partial charge is 0.484 e. The second-order valence-corrected chi connectivity index (χ2v) is 4.95. The molecule has 0 aliphatic carbocycles. The van der Waals surface area contributed by atoms with E-state index in [2.05, 4.69) is 4.98 Å². The van der Waals surface area contributed by atoms with Gasteiger partial charge in [-0.3, -0.25) is 4.98 Å². The van der Waals surface area contributed by atoms with E-state index in [0.717, 1.165) is 12.1 Å². The summed E-state index contributed by atoms with van der Waals surface area (Å²) in [6.07, 6.45) is 2.67. The molecule has 23 heavy (non-hydrogen) atoms. The molecule has 1 heterocycles. The Morgan fingerprint density at radius 2 is 2.09 bits per heavy atom. The van der Waals surface area contributed by atoms with Gasteiger partial charge in [0.15, 0.2) is 11.6 Å². The molecule has 0 aliphatic heterocycles. The van der Waals surface area contributed by atoms with Crippen LogP contribution in [0.1, 0.15) is 23.7 Å². The van der Waals surface area contributed by atoms with Crippen LogP contribution in [0.25, 0.3) is 0 Å². The highest BCUT2D eigenvalue weighted by molar-refractivity contribution is 5.44. The summed E-state index contributed by atoms with van der Waals surface area (Å²) in [7, 11) is 0. The van der Waals surface area contributed by atoms with Gasteiger partial charge < -0.3 is 15.6 Å². The summed E-state index contributed by atoms with van der Waals surface area (Å²) >= 11 is 0. The van der Waals surface area contributed by atoms with Crippen LogP contribution in [-0.4, -0.2) is 22.7 Å². The number of hydrogen-bond donors (Lipinski definition) is 2. The molecule has 5 nitrogen and oxygen atoms in total. The lowest BCUT2D eigenvalue weighted by Crippen LogP contribution is -2.28. The van der Waals surface area contributed by atoms with Gasteiger partial charge in [-0.15, -0.1) is 0 Å². The fourth-order valence-corrected chi connectivity index (χ4v) is 2.03. The summed E-state index contributed by atoms with van der Waals surface area (Å²) in [6, 6.07) is 6.20. The topological polar surface area (TPSA) is 92.2 Å². The van der Waals surface area contributed by atoms with Crippen molar-refractivity contribution in [2.75, 3.05) is 6.61 Å². The number of pyridine rings is 1. The van der Waals surface area contributed by atoms with Crippen LogP contribution in [0.15, 0.2) is 36.7 Å². The Balaban J connectivity index is 2.35. The Morgan fingerprint density at radius 1 is 1.35 bits per heavy atom. The molecule has 0 saturated heterocycles. The number of aliphatic hydroxyl groups is 1. The van der Waals surface area contributed by atoms with E-state index in [1.165, 1.54) is 0 Å². The minimum absolute atomic E-state index is 0.0922. The first kappa shape index (κ1) is 16.8. The van der Waals surface area contributed by atoms with E-state index in [1.807, 2.05) is 0 Å². The van der Waals surface area contributed by atoms with Gasteiger partial charge in [0.1, 0.15) is 17.9 Å². The van der Waals surface area contributed by atoms with E-state index < -0.39 is 23.8 Å². The molecule has 0 spiro atoms. The van der Waals surface area contributed by atoms with E-state index in [0.29, 0.717) is 5.56 Å². The van der Waals surface area contributed by atoms with Crippen LogP contribution in [0.2, 0.25) is 0 Å². The summed E-state index contributed by atoms with van der Waals surface area (Å²) in [5.74, 6) is -2.33. The van der Waals surface area contributed by atoms with Crippen LogP contribution in [-0.2, 0) is 0 Å². The first-order valence-corrected chi connectivity index (χ1v) is 6.87. The van der Waals surface area contributed by atoms with Crippen LogP contribution >= 0.6 is 0 Å². The zero-order valence-electron chi connectivity index (χ0n) is 12.1. The maximum atomic E-state index is 13.4. The van der Waals surface area contributed by atoms with Crippen molar-refractivity contribution in [3.8, 4) is 11.8 Å². The monoisotopic (exact) mass is 319 g/mol. The highest BCUT2D eigenvalue weighted by Gasteiger charge is 2.20. The van der Waals surface area contributed by atoms with Gasteiger partial charge in [0.25, 0.3) is 0 Å². The van der Waals surface area contributed by atoms with E-state index in [-0.39, 0.29) is 24.3 Å². The Morgan fingerprint density at radius 3 is 2.70 bits per heavy atom. The maximum absolute atomic E-state index is 13.4. The van der Waals surface area contributed by atoms with Gasteiger partial charge in [0, 0.05) is 36.5 Å². The summed E-state index contributed by atoms with van der Waals surface area (Å²) < 4.78 is 32.3. The fraction of sp³-hybridized carbons (Fsp3) is 0.250. The van der Waals surface area contributed by atoms with Crippen molar-refractivity contribution in [1.29, 1.82) is 5.26 Å². The van der Waals surface area contributed by atoms with Crippen LogP contribution in [0.4, 0.5) is 8.78 Å². The number of rotatable bonds is 6. The van der Waals surface area contributed by atoms with Crippen molar-refractivity contribution in [2.45, 2.75) is 18.6 Å². The lowest BCUT2D eigenvalue weighted by atomic mass is 10.0. The lowest BCUT2D eigenvalue weighted by molar-refractivity contribution is 0.160. The van der Waals surface area contributed by atoms with Crippen LogP contribution < -0.4 is 10.5 Å². The predicted molar refractivity (Wildman–Crippen MR) is 78.4 cm³/mol. The Bertz CT molecular complexity index is 704. The molecule has 2 atom stereocenters. The van der Waals surface area contributed by atoms with Crippen molar-refractivity contribution >= 4 is 0 Å². The molecule has 1 aromatic carbocycles. The van der Waals surface area contributed by atoms with Crippen molar-refractivity contribution in [3.63, 3.8) is 0 Å². The molecule has 0 aliphatic rings. The van der Waals surface area contributed by atoms with Gasteiger partial charge in [-0.1, -0.05) is 6.07 Å². The van der Waals surface area contributed by atoms with E-state index >= 15 is 0 Å². The van der Waals surface area contributed by atoms with E-state index in [4.69, 9.17) is 20.8 Å². The van der Waals surface area contributed by atoms with Crippen LogP contribution in [0.3, 0.4) is 0 Å². The van der Waals surface area contributed by atoms with Gasteiger partial charge in [0.2, 0.25) is 0 Å². The number of hydrogen-bond acceptors (Lipinski definition) is 5. The molecule has 7 heteroatoms. The number of aromatic nitrogens is 1. The Kier molecular flexibility index (Phi) is 5.57. The number of halogens is 2. The van der Waals surface area contributed by atoms with Crippen LogP contribution in [0, 0.1) is 23.0 Å². The average molecular weight is 319 g/mol. The zero-order valence-corrected chi connectivity index (χ0v) is 12.1. The van der Waals surface area contributed by atoms with Crippen molar-refractivity contribution in [2.24, 2.45) is 5.73 Å². The number of nitriles is 1. The molecule has 0 amide bonds. The maximum Gasteiger partial charge on any atom is 0.162 e. The molecule has 0 saturated carbocycles. The Hall–Kier alpha value is -2.56. The molecule has 0 bridgehead atoms. The van der Waals surface area contributed by atoms with E-state index in [9.17, 15) is 8.78 Å². The number of nitrogens with zero attached hydrogens (tertiary/aromatic N) is 2. The third-order valence-corrected chi connectivity index (χ3v) is 3.22. The summed E-state index contributed by atoms with van der Waals surface area (Å²) in [5, 5.41) is 18.2. The van der Waals surface area contributed by atoms with Gasteiger partial charge in [-0.05, 0) is 12.1 Å². The number of ether oxygens (including phenoxy) is 1. The first-order valence-electron chi connectivity index (χ1n) is 6.87. The molecule has 2 aromatic rings. The van der Waals surface area contributed by atoms with Crippen LogP contribution in [0.5, 0.6) is 5.75 Å². The number of benzene rings is 1. The normalized spacial score (nSPS) is 13.2. The molecule has 120 valence electrons. The third-order valence-electron chi connectivity index (χ3n) is 3.22. The summed E-state index contributed by atoms with van der Waals surface area (Å²) in [4.78, 5) is 3.97. The zero-order chi connectivity index (χ0) is 16.8. The minimum Gasteiger partial charge on any atom is -0.484 e. The molecule has 1 aromatic heterocycles. The summed E-state index contributed by atoms with van der Waals surface area (Å²) in [5.41, 5.74) is 6.25.